The third-order valence-corrected chi connectivity index (χ3v) is 3.64. The Hall–Kier alpha value is -1.59. The fraction of sp³-hybridized carbons (Fsp3) is 0.154. The van der Waals surface area contributed by atoms with Crippen molar-refractivity contribution >= 4 is 35.0 Å². The summed E-state index contributed by atoms with van der Waals surface area (Å²) in [6.07, 6.45) is 3.29. The molecule has 0 aliphatic rings. The number of rotatable bonds is 4. The van der Waals surface area contributed by atoms with Gasteiger partial charge in [-0.3, -0.25) is 4.79 Å². The van der Waals surface area contributed by atoms with Crippen molar-refractivity contribution in [1.29, 1.82) is 0 Å². The Morgan fingerprint density at radius 1 is 1.26 bits per heavy atom. The Morgan fingerprint density at radius 2 is 1.95 bits per heavy atom. The standard InChI is InChI=1S/C13H12ClN3OS/c1-9(19-13-15-7-4-8-16-13)12(18)17-11-6-3-2-5-10(11)14/h2-9H,1H3,(H,17,18). The highest BCUT2D eigenvalue weighted by molar-refractivity contribution is 8.00. The zero-order chi connectivity index (χ0) is 13.7. The van der Waals surface area contributed by atoms with Crippen molar-refractivity contribution in [2.45, 2.75) is 17.3 Å². The molecule has 0 bridgehead atoms. The number of aromatic nitrogens is 2. The molecule has 1 aromatic carbocycles. The SMILES string of the molecule is CC(Sc1ncccn1)C(=O)Nc1ccccc1Cl. The van der Waals surface area contributed by atoms with Crippen LogP contribution in [0.4, 0.5) is 5.69 Å². The molecular weight excluding hydrogens is 282 g/mol. The van der Waals surface area contributed by atoms with Gasteiger partial charge in [-0.2, -0.15) is 0 Å². The van der Waals surface area contributed by atoms with E-state index in [1.807, 2.05) is 12.1 Å². The topological polar surface area (TPSA) is 54.9 Å². The van der Waals surface area contributed by atoms with E-state index in [0.717, 1.165) is 0 Å². The second kappa shape index (κ2) is 6.54. The lowest BCUT2D eigenvalue weighted by molar-refractivity contribution is -0.115. The Labute approximate surface area is 120 Å². The number of thioether (sulfide) groups is 1. The minimum atomic E-state index is -0.307. The van der Waals surface area contributed by atoms with Gasteiger partial charge in [0, 0.05) is 12.4 Å². The Balaban J connectivity index is 1.99. The molecule has 1 unspecified atom stereocenters. The lowest BCUT2D eigenvalue weighted by Crippen LogP contribution is -2.22. The molecule has 98 valence electrons. The van der Waals surface area contributed by atoms with Gasteiger partial charge in [-0.1, -0.05) is 35.5 Å². The first-order valence-electron chi connectivity index (χ1n) is 5.66. The van der Waals surface area contributed by atoms with E-state index >= 15 is 0 Å². The molecule has 0 fully saturated rings. The molecule has 0 aliphatic heterocycles. The number of halogens is 1. The van der Waals surface area contributed by atoms with Gasteiger partial charge >= 0.3 is 0 Å². The number of nitrogens with zero attached hydrogens (tertiary/aromatic N) is 2. The number of benzene rings is 1. The number of hydrogen-bond acceptors (Lipinski definition) is 4. The summed E-state index contributed by atoms with van der Waals surface area (Å²) in [5, 5.41) is 3.57. The quantitative estimate of drug-likeness (QED) is 0.694. The molecule has 1 atom stereocenters. The van der Waals surface area contributed by atoms with Crippen LogP contribution >= 0.6 is 23.4 Å². The summed E-state index contributed by atoms with van der Waals surface area (Å²) in [6.45, 7) is 1.80. The van der Waals surface area contributed by atoms with Crippen LogP contribution in [-0.4, -0.2) is 21.1 Å². The number of hydrogen-bond donors (Lipinski definition) is 1. The zero-order valence-electron chi connectivity index (χ0n) is 10.2. The Bertz CT molecular complexity index is 565. The van der Waals surface area contributed by atoms with E-state index in [2.05, 4.69) is 15.3 Å². The minimum Gasteiger partial charge on any atom is -0.324 e. The lowest BCUT2D eigenvalue weighted by Gasteiger charge is -2.11. The monoisotopic (exact) mass is 293 g/mol. The normalized spacial score (nSPS) is 11.9. The van der Waals surface area contributed by atoms with E-state index in [0.29, 0.717) is 15.9 Å². The van der Waals surface area contributed by atoms with Crippen molar-refractivity contribution in [2.75, 3.05) is 5.32 Å². The average molecular weight is 294 g/mol. The Morgan fingerprint density at radius 3 is 2.63 bits per heavy atom. The van der Waals surface area contributed by atoms with Crippen LogP contribution in [0, 0.1) is 0 Å². The fourth-order valence-electron chi connectivity index (χ4n) is 1.35. The van der Waals surface area contributed by atoms with Crippen molar-refractivity contribution in [3.8, 4) is 0 Å². The van der Waals surface area contributed by atoms with Crippen LogP contribution in [0.25, 0.3) is 0 Å². The molecule has 1 amide bonds. The van der Waals surface area contributed by atoms with E-state index in [1.165, 1.54) is 11.8 Å². The van der Waals surface area contributed by atoms with Gasteiger partial charge in [0.1, 0.15) is 0 Å². The maximum absolute atomic E-state index is 12.0. The van der Waals surface area contributed by atoms with Gasteiger partial charge in [-0.25, -0.2) is 9.97 Å². The first kappa shape index (κ1) is 13.8. The highest BCUT2D eigenvalue weighted by Crippen LogP contribution is 2.23. The summed E-state index contributed by atoms with van der Waals surface area (Å²) in [5.41, 5.74) is 0.607. The third-order valence-electron chi connectivity index (χ3n) is 2.33. The molecule has 0 spiro atoms. The van der Waals surface area contributed by atoms with Crippen molar-refractivity contribution in [3.05, 3.63) is 47.7 Å². The molecule has 1 N–H and O–H groups in total. The van der Waals surface area contributed by atoms with Crippen molar-refractivity contribution in [2.24, 2.45) is 0 Å². The fourth-order valence-corrected chi connectivity index (χ4v) is 2.26. The zero-order valence-corrected chi connectivity index (χ0v) is 11.8. The highest BCUT2D eigenvalue weighted by Gasteiger charge is 2.16. The Kier molecular flexibility index (Phi) is 4.76. The summed E-state index contributed by atoms with van der Waals surface area (Å²) < 4.78 is 0. The van der Waals surface area contributed by atoms with Gasteiger partial charge in [0.05, 0.1) is 16.0 Å². The predicted octanol–water partition coefficient (Wildman–Crippen LogP) is 3.25. The lowest BCUT2D eigenvalue weighted by atomic mass is 10.3. The molecular formula is C13H12ClN3OS. The summed E-state index contributed by atoms with van der Waals surface area (Å²) in [5.74, 6) is -0.134. The number of anilines is 1. The smallest absolute Gasteiger partial charge is 0.237 e. The molecule has 0 saturated carbocycles. The molecule has 0 radical (unpaired) electrons. The second-order valence-electron chi connectivity index (χ2n) is 3.76. The van der Waals surface area contributed by atoms with Crippen LogP contribution < -0.4 is 5.32 Å². The number of carbonyl (C=O) groups excluding carboxylic acids is 1. The molecule has 2 aromatic rings. The largest absolute Gasteiger partial charge is 0.324 e. The molecule has 4 nitrogen and oxygen atoms in total. The summed E-state index contributed by atoms with van der Waals surface area (Å²) >= 11 is 7.29. The van der Waals surface area contributed by atoms with Crippen molar-refractivity contribution < 1.29 is 4.79 Å². The first-order valence-corrected chi connectivity index (χ1v) is 6.91. The van der Waals surface area contributed by atoms with E-state index in [1.54, 1.807) is 37.5 Å². The molecule has 0 aliphatic carbocycles. The summed E-state index contributed by atoms with van der Waals surface area (Å²) in [7, 11) is 0. The number of nitrogens with one attached hydrogen (secondary N) is 1. The molecule has 6 heteroatoms. The predicted molar refractivity (Wildman–Crippen MR) is 77.4 cm³/mol. The van der Waals surface area contributed by atoms with Crippen LogP contribution in [-0.2, 0) is 4.79 Å². The number of amides is 1. The number of carbonyl (C=O) groups is 1. The van der Waals surface area contributed by atoms with Crippen LogP contribution in [0.3, 0.4) is 0 Å². The van der Waals surface area contributed by atoms with Gasteiger partial charge < -0.3 is 5.32 Å². The van der Waals surface area contributed by atoms with Crippen LogP contribution in [0.15, 0.2) is 47.9 Å². The summed E-state index contributed by atoms with van der Waals surface area (Å²) in [6, 6.07) is 8.86. The van der Waals surface area contributed by atoms with Crippen LogP contribution in [0.2, 0.25) is 5.02 Å². The van der Waals surface area contributed by atoms with E-state index in [4.69, 9.17) is 11.6 Å². The maximum atomic E-state index is 12.0. The third kappa shape index (κ3) is 3.94. The van der Waals surface area contributed by atoms with Gasteiger partial charge in [0.2, 0.25) is 5.91 Å². The van der Waals surface area contributed by atoms with E-state index in [-0.39, 0.29) is 11.2 Å². The highest BCUT2D eigenvalue weighted by atomic mass is 35.5. The number of para-hydroxylation sites is 1. The van der Waals surface area contributed by atoms with Gasteiger partial charge in [-0.05, 0) is 25.1 Å². The van der Waals surface area contributed by atoms with Crippen LogP contribution in [0.1, 0.15) is 6.92 Å². The van der Waals surface area contributed by atoms with Gasteiger partial charge in [0.25, 0.3) is 0 Å². The average Bonchev–Trinajstić information content (AvgIpc) is 2.42. The van der Waals surface area contributed by atoms with Crippen LogP contribution in [0.5, 0.6) is 0 Å². The molecule has 19 heavy (non-hydrogen) atoms. The second-order valence-corrected chi connectivity index (χ2v) is 5.48. The van der Waals surface area contributed by atoms with Gasteiger partial charge in [0.15, 0.2) is 5.16 Å². The summed E-state index contributed by atoms with van der Waals surface area (Å²) in [4.78, 5) is 20.2. The van der Waals surface area contributed by atoms with Crippen molar-refractivity contribution in [1.82, 2.24) is 9.97 Å². The van der Waals surface area contributed by atoms with E-state index in [9.17, 15) is 4.79 Å². The molecule has 1 aromatic heterocycles. The molecule has 2 rings (SSSR count). The minimum absolute atomic E-state index is 0.134. The van der Waals surface area contributed by atoms with E-state index < -0.39 is 0 Å². The first-order chi connectivity index (χ1) is 9.16. The van der Waals surface area contributed by atoms with Crippen molar-refractivity contribution in [3.63, 3.8) is 0 Å². The molecule has 1 heterocycles. The maximum Gasteiger partial charge on any atom is 0.237 e. The van der Waals surface area contributed by atoms with Gasteiger partial charge in [-0.15, -0.1) is 0 Å². The molecule has 0 saturated heterocycles.